The number of hydrogen-bond acceptors (Lipinski definition) is 3. The number of rotatable bonds is 2. The Morgan fingerprint density at radius 3 is 2.83 bits per heavy atom. The van der Waals surface area contributed by atoms with Crippen LogP contribution in [0.5, 0.6) is 0 Å². The van der Waals surface area contributed by atoms with Crippen LogP contribution in [0.15, 0.2) is 16.9 Å². The van der Waals surface area contributed by atoms with Crippen molar-refractivity contribution in [3.05, 3.63) is 18.4 Å². The van der Waals surface area contributed by atoms with Crippen LogP contribution in [0.25, 0.3) is 0 Å². The summed E-state index contributed by atoms with van der Waals surface area (Å²) >= 11 is 0. The van der Waals surface area contributed by atoms with Crippen LogP contribution in [0.4, 0.5) is 4.79 Å². The normalized spacial score (nSPS) is 11.2. The average Bonchev–Trinajstić information content (AvgIpc) is 2.32. The molecule has 0 saturated carbocycles. The Morgan fingerprint density at radius 1 is 1.75 bits per heavy atom. The zero-order valence-electron chi connectivity index (χ0n) is 6.87. The third-order valence-electron chi connectivity index (χ3n) is 1.39. The van der Waals surface area contributed by atoms with Gasteiger partial charge in [0.2, 0.25) is 5.89 Å². The molecule has 0 spiro atoms. The second kappa shape index (κ2) is 2.84. The maximum atomic E-state index is 10.3. The van der Waals surface area contributed by atoms with Gasteiger partial charge in [0, 0.05) is 0 Å². The van der Waals surface area contributed by atoms with Crippen molar-refractivity contribution in [3.8, 4) is 0 Å². The Morgan fingerprint density at radius 2 is 2.42 bits per heavy atom. The zero-order valence-corrected chi connectivity index (χ0v) is 6.87. The predicted octanol–water partition coefficient (Wildman–Crippen LogP) is 1.18. The second-order valence-electron chi connectivity index (χ2n) is 2.89. The minimum atomic E-state index is -1.10. The first-order valence-corrected chi connectivity index (χ1v) is 3.43. The van der Waals surface area contributed by atoms with E-state index in [1.165, 1.54) is 12.5 Å². The lowest BCUT2D eigenvalue weighted by molar-refractivity contribution is 0.176. The number of aromatic nitrogens is 1. The molecular weight excluding hydrogens is 160 g/mol. The number of carbonyl (C=O) groups is 1. The van der Waals surface area contributed by atoms with Crippen molar-refractivity contribution in [2.75, 3.05) is 0 Å². The van der Waals surface area contributed by atoms with Crippen LogP contribution in [-0.4, -0.2) is 16.2 Å². The highest BCUT2D eigenvalue weighted by Gasteiger charge is 2.26. The van der Waals surface area contributed by atoms with E-state index >= 15 is 0 Å². The van der Waals surface area contributed by atoms with Gasteiger partial charge in [-0.15, -0.1) is 0 Å². The van der Waals surface area contributed by atoms with Crippen LogP contribution >= 0.6 is 0 Å². The SMILES string of the molecule is CC(C)(NC(=O)O)c1ncco1. The van der Waals surface area contributed by atoms with Crippen molar-refractivity contribution in [1.29, 1.82) is 0 Å². The number of carboxylic acid groups (broad SMARTS) is 1. The highest BCUT2D eigenvalue weighted by Crippen LogP contribution is 2.16. The molecule has 5 heteroatoms. The molecule has 0 bridgehead atoms. The van der Waals surface area contributed by atoms with E-state index in [0.717, 1.165) is 0 Å². The number of nitrogens with one attached hydrogen (secondary N) is 1. The van der Waals surface area contributed by atoms with Crippen molar-refractivity contribution in [2.24, 2.45) is 0 Å². The van der Waals surface area contributed by atoms with E-state index in [0.29, 0.717) is 5.89 Å². The number of amides is 1. The Bertz CT molecular complexity index is 266. The topological polar surface area (TPSA) is 75.4 Å². The maximum Gasteiger partial charge on any atom is 0.405 e. The summed E-state index contributed by atoms with van der Waals surface area (Å²) in [6, 6.07) is 0. The molecule has 1 aromatic rings. The fourth-order valence-corrected chi connectivity index (χ4v) is 0.853. The lowest BCUT2D eigenvalue weighted by Gasteiger charge is -2.19. The summed E-state index contributed by atoms with van der Waals surface area (Å²) in [5.74, 6) is 0.352. The third kappa shape index (κ3) is 1.75. The Labute approximate surface area is 69.4 Å². The molecule has 2 N–H and O–H groups in total. The van der Waals surface area contributed by atoms with E-state index in [9.17, 15) is 4.79 Å². The van der Waals surface area contributed by atoms with Crippen molar-refractivity contribution >= 4 is 6.09 Å². The molecule has 0 saturated heterocycles. The monoisotopic (exact) mass is 170 g/mol. The van der Waals surface area contributed by atoms with Crippen LogP contribution in [0.2, 0.25) is 0 Å². The molecular formula is C7H10N2O3. The van der Waals surface area contributed by atoms with Crippen LogP contribution in [0.1, 0.15) is 19.7 Å². The first kappa shape index (κ1) is 8.58. The third-order valence-corrected chi connectivity index (χ3v) is 1.39. The fourth-order valence-electron chi connectivity index (χ4n) is 0.853. The summed E-state index contributed by atoms with van der Waals surface area (Å²) in [6.07, 6.45) is 1.78. The van der Waals surface area contributed by atoms with Crippen molar-refractivity contribution in [1.82, 2.24) is 10.3 Å². The van der Waals surface area contributed by atoms with Gasteiger partial charge in [0.1, 0.15) is 11.8 Å². The summed E-state index contributed by atoms with van der Waals surface area (Å²) in [5, 5.41) is 10.7. The molecule has 66 valence electrons. The van der Waals surface area contributed by atoms with Gasteiger partial charge in [-0.3, -0.25) is 0 Å². The van der Waals surface area contributed by atoms with E-state index < -0.39 is 11.6 Å². The summed E-state index contributed by atoms with van der Waals surface area (Å²) in [5.41, 5.74) is -0.782. The number of hydrogen-bond donors (Lipinski definition) is 2. The molecule has 1 amide bonds. The summed E-state index contributed by atoms with van der Waals surface area (Å²) in [4.78, 5) is 14.2. The Balaban J connectivity index is 2.79. The Kier molecular flexibility index (Phi) is 2.03. The second-order valence-corrected chi connectivity index (χ2v) is 2.89. The first-order chi connectivity index (χ1) is 5.52. The van der Waals surface area contributed by atoms with E-state index in [4.69, 9.17) is 9.52 Å². The van der Waals surface area contributed by atoms with Crippen LogP contribution in [0.3, 0.4) is 0 Å². The fraction of sp³-hybridized carbons (Fsp3) is 0.429. The molecule has 1 aromatic heterocycles. The van der Waals surface area contributed by atoms with Crippen molar-refractivity contribution < 1.29 is 14.3 Å². The van der Waals surface area contributed by atoms with Gasteiger partial charge in [-0.05, 0) is 13.8 Å². The zero-order chi connectivity index (χ0) is 9.19. The van der Waals surface area contributed by atoms with Crippen LogP contribution < -0.4 is 5.32 Å². The first-order valence-electron chi connectivity index (χ1n) is 3.43. The quantitative estimate of drug-likeness (QED) is 0.698. The molecule has 0 aliphatic heterocycles. The van der Waals surface area contributed by atoms with Gasteiger partial charge in [-0.25, -0.2) is 9.78 Å². The van der Waals surface area contributed by atoms with Gasteiger partial charge in [-0.1, -0.05) is 0 Å². The van der Waals surface area contributed by atoms with E-state index in [1.807, 2.05) is 0 Å². The number of oxazole rings is 1. The largest absolute Gasteiger partial charge is 0.465 e. The molecule has 0 aliphatic carbocycles. The molecule has 0 atom stereocenters. The van der Waals surface area contributed by atoms with Gasteiger partial charge < -0.3 is 14.8 Å². The van der Waals surface area contributed by atoms with Gasteiger partial charge in [0.05, 0.1) is 6.20 Å². The predicted molar refractivity (Wildman–Crippen MR) is 40.7 cm³/mol. The smallest absolute Gasteiger partial charge is 0.405 e. The number of nitrogens with zero attached hydrogens (tertiary/aromatic N) is 1. The molecule has 0 unspecified atom stereocenters. The van der Waals surface area contributed by atoms with Crippen molar-refractivity contribution in [3.63, 3.8) is 0 Å². The summed E-state index contributed by atoms with van der Waals surface area (Å²) in [6.45, 7) is 3.35. The average molecular weight is 170 g/mol. The molecule has 12 heavy (non-hydrogen) atoms. The standard InChI is InChI=1S/C7H10N2O3/c1-7(2,9-6(10)11)5-8-3-4-12-5/h3-4,9H,1-2H3,(H,10,11). The van der Waals surface area contributed by atoms with E-state index in [1.54, 1.807) is 13.8 Å². The minimum absolute atomic E-state index is 0.352. The molecule has 1 heterocycles. The van der Waals surface area contributed by atoms with E-state index in [2.05, 4.69) is 10.3 Å². The highest BCUT2D eigenvalue weighted by atomic mass is 16.4. The van der Waals surface area contributed by atoms with Gasteiger partial charge in [0.15, 0.2) is 0 Å². The van der Waals surface area contributed by atoms with Gasteiger partial charge in [-0.2, -0.15) is 0 Å². The summed E-state index contributed by atoms with van der Waals surface area (Å²) < 4.78 is 4.96. The molecule has 0 radical (unpaired) electrons. The lowest BCUT2D eigenvalue weighted by atomic mass is 10.1. The highest BCUT2D eigenvalue weighted by molar-refractivity contribution is 5.65. The molecule has 5 nitrogen and oxygen atoms in total. The Hall–Kier alpha value is -1.52. The van der Waals surface area contributed by atoms with Gasteiger partial charge in [0.25, 0.3) is 0 Å². The van der Waals surface area contributed by atoms with Crippen LogP contribution in [0, 0.1) is 0 Å². The molecule has 1 rings (SSSR count). The van der Waals surface area contributed by atoms with Crippen LogP contribution in [-0.2, 0) is 5.54 Å². The molecule has 0 fully saturated rings. The van der Waals surface area contributed by atoms with Gasteiger partial charge >= 0.3 is 6.09 Å². The van der Waals surface area contributed by atoms with E-state index in [-0.39, 0.29) is 0 Å². The maximum absolute atomic E-state index is 10.3. The lowest BCUT2D eigenvalue weighted by Crippen LogP contribution is -2.40. The molecule has 0 aromatic carbocycles. The molecule has 0 aliphatic rings. The van der Waals surface area contributed by atoms with Crippen molar-refractivity contribution in [2.45, 2.75) is 19.4 Å². The summed E-state index contributed by atoms with van der Waals surface area (Å²) in [7, 11) is 0. The minimum Gasteiger partial charge on any atom is -0.465 e.